The van der Waals surface area contributed by atoms with Crippen LogP contribution in [0, 0.1) is 0 Å². The summed E-state index contributed by atoms with van der Waals surface area (Å²) in [5.41, 5.74) is 7.61. The molecule has 7 heteroatoms. The molecule has 29 heavy (non-hydrogen) atoms. The summed E-state index contributed by atoms with van der Waals surface area (Å²) in [4.78, 5) is 16.1. The molecule has 3 rings (SSSR count). The van der Waals surface area contributed by atoms with Gasteiger partial charge in [0.2, 0.25) is 0 Å². The number of para-hydroxylation sites is 1. The minimum absolute atomic E-state index is 0.257. The van der Waals surface area contributed by atoms with E-state index in [1.165, 1.54) is 5.56 Å². The van der Waals surface area contributed by atoms with Gasteiger partial charge in [0.25, 0.3) is 5.91 Å². The number of hydrogen-bond acceptors (Lipinski definition) is 5. The van der Waals surface area contributed by atoms with Gasteiger partial charge in [-0.15, -0.1) is 0 Å². The predicted molar refractivity (Wildman–Crippen MR) is 122 cm³/mol. The first-order valence-electron chi connectivity index (χ1n) is 9.40. The lowest BCUT2D eigenvalue weighted by atomic mass is 9.98. The second-order valence-electron chi connectivity index (χ2n) is 6.59. The average molecular weight is 475 g/mol. The van der Waals surface area contributed by atoms with Crippen LogP contribution in [0.25, 0.3) is 6.08 Å². The quantitative estimate of drug-likeness (QED) is 0.412. The van der Waals surface area contributed by atoms with E-state index < -0.39 is 0 Å². The van der Waals surface area contributed by atoms with Crippen LogP contribution in [0.2, 0.25) is 0 Å². The largest absolute Gasteiger partial charge is 0.490 e. The Balaban J connectivity index is 1.65. The number of nitrogens with zero attached hydrogens (tertiary/aromatic N) is 1. The van der Waals surface area contributed by atoms with Crippen LogP contribution in [0.15, 0.2) is 56.8 Å². The summed E-state index contributed by atoms with van der Waals surface area (Å²) in [6.45, 7) is 5.16. The second kappa shape index (κ2) is 9.98. The third-order valence-corrected chi connectivity index (χ3v) is 5.86. The van der Waals surface area contributed by atoms with Gasteiger partial charge < -0.3 is 15.2 Å². The molecule has 0 spiro atoms. The van der Waals surface area contributed by atoms with Crippen LogP contribution in [0.5, 0.6) is 11.5 Å². The van der Waals surface area contributed by atoms with E-state index in [0.29, 0.717) is 29.8 Å². The van der Waals surface area contributed by atoms with Gasteiger partial charge in [0, 0.05) is 10.0 Å². The number of benzene rings is 2. The fraction of sp³-hybridized carbons (Fsp3) is 0.273. The second-order valence-corrected chi connectivity index (χ2v) is 8.57. The molecule has 0 radical (unpaired) electrons. The maximum Gasteiger partial charge on any atom is 0.286 e. The van der Waals surface area contributed by atoms with Gasteiger partial charge in [-0.05, 0) is 60.0 Å². The average Bonchev–Trinajstić information content (AvgIpc) is 3.03. The molecule has 1 amide bonds. The minimum Gasteiger partial charge on any atom is -0.490 e. The summed E-state index contributed by atoms with van der Waals surface area (Å²) >= 11 is 4.62. The lowest BCUT2D eigenvalue weighted by Crippen LogP contribution is -2.11. The van der Waals surface area contributed by atoms with Crippen molar-refractivity contribution in [2.75, 3.05) is 13.2 Å². The first-order valence-corrected chi connectivity index (χ1v) is 11.0. The third-order valence-electron chi connectivity index (χ3n) is 4.56. The number of amidine groups is 1. The van der Waals surface area contributed by atoms with Gasteiger partial charge in [-0.25, -0.2) is 0 Å². The van der Waals surface area contributed by atoms with Crippen molar-refractivity contribution in [2.45, 2.75) is 26.2 Å². The van der Waals surface area contributed by atoms with Crippen LogP contribution >= 0.6 is 27.7 Å². The van der Waals surface area contributed by atoms with E-state index in [-0.39, 0.29) is 11.1 Å². The maximum atomic E-state index is 11.9. The number of thioether (sulfide) groups is 1. The number of carbonyl (C=O) groups is 1. The zero-order valence-electron chi connectivity index (χ0n) is 16.4. The molecule has 2 aromatic carbocycles. The first-order chi connectivity index (χ1) is 14.0. The van der Waals surface area contributed by atoms with Gasteiger partial charge in [0.1, 0.15) is 24.7 Å². The molecule has 0 saturated heterocycles. The molecule has 1 aliphatic rings. The Hall–Kier alpha value is -2.25. The summed E-state index contributed by atoms with van der Waals surface area (Å²) < 4.78 is 12.8. The summed E-state index contributed by atoms with van der Waals surface area (Å²) in [5.74, 6) is 1.67. The monoisotopic (exact) mass is 474 g/mol. The number of nitrogens with two attached hydrogens (primary N) is 1. The number of rotatable bonds is 8. The lowest BCUT2D eigenvalue weighted by molar-refractivity contribution is -0.113. The highest BCUT2D eigenvalue weighted by Crippen LogP contribution is 2.32. The minimum atomic E-state index is -0.330. The van der Waals surface area contributed by atoms with Crippen LogP contribution < -0.4 is 15.2 Å². The van der Waals surface area contributed by atoms with Gasteiger partial charge in [-0.3, -0.25) is 4.79 Å². The van der Waals surface area contributed by atoms with Crippen molar-refractivity contribution < 1.29 is 14.3 Å². The molecular weight excluding hydrogens is 452 g/mol. The molecule has 1 heterocycles. The predicted octanol–water partition coefficient (Wildman–Crippen LogP) is 5.35. The fourth-order valence-electron chi connectivity index (χ4n) is 2.87. The standard InChI is InChI=1S/C22H23BrN2O3S/c1-3-14(2)17-6-4-5-7-19(17)28-11-10-27-18-9-8-16(23)12-15(18)13-20-21(26)25-22(24)29-20/h4-9,12-14H,3,10-11H2,1-2H3,(H2,24,25,26)/b20-13+. The Morgan fingerprint density at radius 3 is 2.59 bits per heavy atom. The molecule has 2 N–H and O–H groups in total. The normalized spacial score (nSPS) is 16.0. The highest BCUT2D eigenvalue weighted by Gasteiger charge is 2.20. The zero-order valence-corrected chi connectivity index (χ0v) is 18.8. The van der Waals surface area contributed by atoms with Gasteiger partial charge >= 0.3 is 0 Å². The molecule has 1 aliphatic heterocycles. The van der Waals surface area contributed by atoms with Gasteiger partial charge in [-0.1, -0.05) is 48.0 Å². The van der Waals surface area contributed by atoms with Gasteiger partial charge in [-0.2, -0.15) is 4.99 Å². The highest BCUT2D eigenvalue weighted by atomic mass is 79.9. The molecule has 0 aromatic heterocycles. The highest BCUT2D eigenvalue weighted by molar-refractivity contribution is 9.10. The summed E-state index contributed by atoms with van der Waals surface area (Å²) in [7, 11) is 0. The molecule has 0 fully saturated rings. The van der Waals surface area contributed by atoms with Crippen molar-refractivity contribution in [1.29, 1.82) is 0 Å². The van der Waals surface area contributed by atoms with Crippen molar-refractivity contribution >= 4 is 44.8 Å². The summed E-state index contributed by atoms with van der Waals surface area (Å²) in [6, 6.07) is 13.8. The molecule has 0 aliphatic carbocycles. The molecule has 1 unspecified atom stereocenters. The van der Waals surface area contributed by atoms with E-state index in [2.05, 4.69) is 40.8 Å². The van der Waals surface area contributed by atoms with Crippen LogP contribution in [0.4, 0.5) is 0 Å². The molecule has 5 nitrogen and oxygen atoms in total. The Bertz CT molecular complexity index is 959. The topological polar surface area (TPSA) is 73.9 Å². The SMILES string of the molecule is CCC(C)c1ccccc1OCCOc1ccc(Br)cc1/C=C1/SC(N)=NC1=O. The summed E-state index contributed by atoms with van der Waals surface area (Å²) in [5, 5.41) is 0.257. The van der Waals surface area contributed by atoms with Crippen molar-refractivity contribution in [3.05, 3.63) is 63.0 Å². The lowest BCUT2D eigenvalue weighted by Gasteiger charge is -2.16. The molecule has 2 aromatic rings. The Labute approximate surface area is 183 Å². The first kappa shape index (κ1) is 21.5. The Kier molecular flexibility index (Phi) is 7.39. The molecule has 1 atom stereocenters. The van der Waals surface area contributed by atoms with Gasteiger partial charge in [0.05, 0.1) is 4.91 Å². The molecule has 0 saturated carbocycles. The Morgan fingerprint density at radius 2 is 1.90 bits per heavy atom. The van der Waals surface area contributed by atoms with Crippen molar-refractivity contribution in [1.82, 2.24) is 0 Å². The molecular formula is C22H23BrN2O3S. The number of aliphatic imine (C=N–C) groups is 1. The van der Waals surface area contributed by atoms with E-state index in [1.54, 1.807) is 6.08 Å². The number of ether oxygens (including phenoxy) is 2. The van der Waals surface area contributed by atoms with E-state index in [1.807, 2.05) is 36.4 Å². The zero-order chi connectivity index (χ0) is 20.8. The van der Waals surface area contributed by atoms with Gasteiger partial charge in [0.15, 0.2) is 5.17 Å². The van der Waals surface area contributed by atoms with Crippen molar-refractivity contribution in [3.63, 3.8) is 0 Å². The van der Waals surface area contributed by atoms with Crippen molar-refractivity contribution in [2.24, 2.45) is 10.7 Å². The maximum absolute atomic E-state index is 11.9. The van der Waals surface area contributed by atoms with E-state index in [0.717, 1.165) is 34.0 Å². The van der Waals surface area contributed by atoms with E-state index >= 15 is 0 Å². The van der Waals surface area contributed by atoms with Crippen molar-refractivity contribution in [3.8, 4) is 11.5 Å². The molecule has 0 bridgehead atoms. The van der Waals surface area contributed by atoms with E-state index in [9.17, 15) is 4.79 Å². The van der Waals surface area contributed by atoms with Crippen LogP contribution in [0.3, 0.4) is 0 Å². The van der Waals surface area contributed by atoms with Crippen LogP contribution in [-0.2, 0) is 4.79 Å². The Morgan fingerprint density at radius 1 is 1.17 bits per heavy atom. The third kappa shape index (κ3) is 5.64. The number of carbonyl (C=O) groups excluding carboxylic acids is 1. The van der Waals surface area contributed by atoms with E-state index in [4.69, 9.17) is 15.2 Å². The van der Waals surface area contributed by atoms with Crippen LogP contribution in [-0.4, -0.2) is 24.3 Å². The van der Waals surface area contributed by atoms with Crippen LogP contribution in [0.1, 0.15) is 37.3 Å². The fourth-order valence-corrected chi connectivity index (χ4v) is 3.92. The number of halogens is 1. The number of amides is 1. The number of hydrogen-bond donors (Lipinski definition) is 1. The summed E-state index contributed by atoms with van der Waals surface area (Å²) in [6.07, 6.45) is 2.80. The molecule has 152 valence electrons. The smallest absolute Gasteiger partial charge is 0.286 e.